The maximum absolute atomic E-state index is 12.5. The molecule has 0 unspecified atom stereocenters. The van der Waals surface area contributed by atoms with Gasteiger partial charge in [-0.05, 0) is 24.1 Å². The Morgan fingerprint density at radius 2 is 2.05 bits per heavy atom. The van der Waals surface area contributed by atoms with Gasteiger partial charge in [-0.25, -0.2) is 0 Å². The third-order valence-electron chi connectivity index (χ3n) is 3.04. The number of amides is 1. The highest BCUT2D eigenvalue weighted by Gasteiger charge is 2.23. The molecule has 0 aliphatic rings. The first-order valence-corrected chi connectivity index (χ1v) is 6.69. The maximum Gasteiger partial charge on any atom is 0.257 e. The molecular formula is C16H25ClN2O2. The number of carbonyl (C=O) groups is 1. The molecule has 0 aliphatic carbocycles. The van der Waals surface area contributed by atoms with Crippen LogP contribution in [0.5, 0.6) is 5.75 Å². The lowest BCUT2D eigenvalue weighted by Gasteiger charge is -2.29. The second-order valence-electron chi connectivity index (χ2n) is 5.63. The van der Waals surface area contributed by atoms with E-state index in [1.807, 2.05) is 26.0 Å². The molecule has 0 saturated heterocycles. The van der Waals surface area contributed by atoms with E-state index in [0.29, 0.717) is 31.0 Å². The van der Waals surface area contributed by atoms with E-state index in [-0.39, 0.29) is 23.7 Å². The van der Waals surface area contributed by atoms with E-state index in [1.165, 1.54) is 0 Å². The van der Waals surface area contributed by atoms with Gasteiger partial charge < -0.3 is 15.4 Å². The highest BCUT2D eigenvalue weighted by molar-refractivity contribution is 5.96. The van der Waals surface area contributed by atoms with Gasteiger partial charge in [-0.3, -0.25) is 4.79 Å². The van der Waals surface area contributed by atoms with Crippen LogP contribution in [-0.4, -0.2) is 37.6 Å². The van der Waals surface area contributed by atoms with E-state index >= 15 is 0 Å². The fourth-order valence-corrected chi connectivity index (χ4v) is 1.90. The molecule has 21 heavy (non-hydrogen) atoms. The van der Waals surface area contributed by atoms with Crippen LogP contribution in [0.1, 0.15) is 24.2 Å². The Hall–Kier alpha value is -1.52. The van der Waals surface area contributed by atoms with Crippen LogP contribution in [0.3, 0.4) is 0 Å². The number of hydrogen-bond donors (Lipinski definition) is 1. The second-order valence-corrected chi connectivity index (χ2v) is 5.63. The van der Waals surface area contributed by atoms with E-state index in [9.17, 15) is 4.79 Å². The van der Waals surface area contributed by atoms with Crippen molar-refractivity contribution in [2.75, 3.05) is 26.7 Å². The van der Waals surface area contributed by atoms with Gasteiger partial charge in [0.05, 0.1) is 5.56 Å². The van der Waals surface area contributed by atoms with Gasteiger partial charge in [-0.1, -0.05) is 38.6 Å². The standard InChI is InChI=1S/C16H24N2O2.ClH/c1-5-10-20-14-9-7-6-8-13(14)15(19)18(4)12-16(2,3)11-17;/h5-9H,1,10-12,17H2,2-4H3;1H. The minimum atomic E-state index is -0.110. The Labute approximate surface area is 133 Å². The van der Waals surface area contributed by atoms with Crippen LogP contribution in [0.25, 0.3) is 0 Å². The maximum atomic E-state index is 12.5. The average Bonchev–Trinajstić information content (AvgIpc) is 2.44. The molecule has 2 N–H and O–H groups in total. The average molecular weight is 313 g/mol. The summed E-state index contributed by atoms with van der Waals surface area (Å²) in [6.45, 7) is 9.19. The molecule has 1 aromatic rings. The SMILES string of the molecule is C=CCOc1ccccc1C(=O)N(C)CC(C)(C)CN.Cl. The molecule has 1 amide bonds. The number of halogens is 1. The molecule has 0 fully saturated rings. The second kappa shape index (κ2) is 8.70. The summed E-state index contributed by atoms with van der Waals surface area (Å²) in [5.41, 5.74) is 6.17. The van der Waals surface area contributed by atoms with Crippen LogP contribution in [-0.2, 0) is 0 Å². The first-order chi connectivity index (χ1) is 9.41. The smallest absolute Gasteiger partial charge is 0.257 e. The Kier molecular flexibility index (Phi) is 8.07. The van der Waals surface area contributed by atoms with Crippen molar-refractivity contribution >= 4 is 18.3 Å². The molecule has 0 aromatic heterocycles. The summed E-state index contributed by atoms with van der Waals surface area (Å²) in [5, 5.41) is 0. The summed E-state index contributed by atoms with van der Waals surface area (Å²) in [6, 6.07) is 7.24. The lowest BCUT2D eigenvalue weighted by Crippen LogP contribution is -2.39. The summed E-state index contributed by atoms with van der Waals surface area (Å²) < 4.78 is 5.52. The van der Waals surface area contributed by atoms with Gasteiger partial charge in [0, 0.05) is 13.6 Å². The fraction of sp³-hybridized carbons (Fsp3) is 0.438. The summed E-state index contributed by atoms with van der Waals surface area (Å²) in [6.07, 6.45) is 1.66. The van der Waals surface area contributed by atoms with Crippen molar-refractivity contribution in [2.45, 2.75) is 13.8 Å². The molecule has 0 bridgehead atoms. The minimum absolute atomic E-state index is 0. The molecule has 1 aromatic carbocycles. The molecule has 1 rings (SSSR count). The number of nitrogens with two attached hydrogens (primary N) is 1. The van der Waals surface area contributed by atoms with Crippen LogP contribution in [0.15, 0.2) is 36.9 Å². The number of benzene rings is 1. The molecular weight excluding hydrogens is 288 g/mol. The molecule has 0 atom stereocenters. The zero-order valence-electron chi connectivity index (χ0n) is 13.0. The lowest BCUT2D eigenvalue weighted by atomic mass is 9.93. The largest absolute Gasteiger partial charge is 0.489 e. The van der Waals surface area contributed by atoms with Crippen molar-refractivity contribution < 1.29 is 9.53 Å². The van der Waals surface area contributed by atoms with Crippen molar-refractivity contribution in [1.29, 1.82) is 0 Å². The van der Waals surface area contributed by atoms with Gasteiger partial charge in [0.25, 0.3) is 5.91 Å². The van der Waals surface area contributed by atoms with Crippen LogP contribution in [0.2, 0.25) is 0 Å². The number of para-hydroxylation sites is 1. The van der Waals surface area contributed by atoms with Gasteiger partial charge in [-0.2, -0.15) is 0 Å². The van der Waals surface area contributed by atoms with Gasteiger partial charge in [0.2, 0.25) is 0 Å². The molecule has 118 valence electrons. The van der Waals surface area contributed by atoms with E-state index in [2.05, 4.69) is 6.58 Å². The predicted octanol–water partition coefficient (Wildman–Crippen LogP) is 2.73. The van der Waals surface area contributed by atoms with Crippen molar-refractivity contribution in [3.05, 3.63) is 42.5 Å². The normalized spacial score (nSPS) is 10.5. The highest BCUT2D eigenvalue weighted by atomic mass is 35.5. The molecule has 4 nitrogen and oxygen atoms in total. The number of carbonyl (C=O) groups excluding carboxylic acids is 1. The van der Waals surface area contributed by atoms with Gasteiger partial charge in [0.15, 0.2) is 0 Å². The Morgan fingerprint density at radius 3 is 2.62 bits per heavy atom. The Balaban J connectivity index is 0.00000400. The van der Waals surface area contributed by atoms with E-state index < -0.39 is 0 Å². The number of ether oxygens (including phenoxy) is 1. The van der Waals surface area contributed by atoms with Crippen LogP contribution >= 0.6 is 12.4 Å². The monoisotopic (exact) mass is 312 g/mol. The van der Waals surface area contributed by atoms with E-state index in [0.717, 1.165) is 0 Å². The molecule has 0 heterocycles. The van der Waals surface area contributed by atoms with Gasteiger partial charge in [0.1, 0.15) is 12.4 Å². The molecule has 0 spiro atoms. The summed E-state index contributed by atoms with van der Waals surface area (Å²) in [5.74, 6) is 0.515. The number of nitrogens with zero attached hydrogens (tertiary/aromatic N) is 1. The summed E-state index contributed by atoms with van der Waals surface area (Å²) in [7, 11) is 1.78. The fourth-order valence-electron chi connectivity index (χ4n) is 1.90. The van der Waals surface area contributed by atoms with Crippen LogP contribution < -0.4 is 10.5 Å². The number of hydrogen-bond acceptors (Lipinski definition) is 3. The zero-order valence-corrected chi connectivity index (χ0v) is 13.8. The third-order valence-corrected chi connectivity index (χ3v) is 3.04. The van der Waals surface area contributed by atoms with Crippen molar-refractivity contribution in [1.82, 2.24) is 4.90 Å². The van der Waals surface area contributed by atoms with Crippen molar-refractivity contribution in [3.63, 3.8) is 0 Å². The predicted molar refractivity (Wildman–Crippen MR) is 89.2 cm³/mol. The lowest BCUT2D eigenvalue weighted by molar-refractivity contribution is 0.0736. The topological polar surface area (TPSA) is 55.6 Å². The van der Waals surface area contributed by atoms with Crippen LogP contribution in [0, 0.1) is 5.41 Å². The first kappa shape index (κ1) is 19.5. The molecule has 5 heteroatoms. The zero-order chi connectivity index (χ0) is 15.2. The minimum Gasteiger partial charge on any atom is -0.489 e. The summed E-state index contributed by atoms with van der Waals surface area (Å²) in [4.78, 5) is 14.2. The van der Waals surface area contributed by atoms with Crippen molar-refractivity contribution in [2.24, 2.45) is 11.1 Å². The third kappa shape index (κ3) is 5.78. The van der Waals surface area contributed by atoms with Crippen molar-refractivity contribution in [3.8, 4) is 5.75 Å². The molecule has 0 aliphatic heterocycles. The molecule has 0 radical (unpaired) electrons. The highest BCUT2D eigenvalue weighted by Crippen LogP contribution is 2.21. The first-order valence-electron chi connectivity index (χ1n) is 6.69. The van der Waals surface area contributed by atoms with Gasteiger partial charge >= 0.3 is 0 Å². The quantitative estimate of drug-likeness (QED) is 0.788. The number of rotatable bonds is 7. The van der Waals surface area contributed by atoms with Gasteiger partial charge in [-0.15, -0.1) is 12.4 Å². The molecule has 0 saturated carbocycles. The summed E-state index contributed by atoms with van der Waals surface area (Å²) >= 11 is 0. The van der Waals surface area contributed by atoms with E-state index in [1.54, 1.807) is 30.2 Å². The van der Waals surface area contributed by atoms with E-state index in [4.69, 9.17) is 10.5 Å². The Bertz CT molecular complexity index is 475. The Morgan fingerprint density at radius 1 is 1.43 bits per heavy atom. The van der Waals surface area contributed by atoms with Crippen LogP contribution in [0.4, 0.5) is 0 Å².